The predicted octanol–water partition coefficient (Wildman–Crippen LogP) is 1.31. The van der Waals surface area contributed by atoms with Crippen molar-refractivity contribution in [3.8, 4) is 6.07 Å². The number of amides is 1. The third-order valence-electron chi connectivity index (χ3n) is 4.59. The topological polar surface area (TPSA) is 52.9 Å². The van der Waals surface area contributed by atoms with Crippen LogP contribution in [0.15, 0.2) is 0 Å². The maximum Gasteiger partial charge on any atom is 0.224 e. The van der Waals surface area contributed by atoms with Gasteiger partial charge in [0.05, 0.1) is 6.07 Å². The lowest BCUT2D eigenvalue weighted by molar-refractivity contribution is -0.123. The van der Waals surface area contributed by atoms with Gasteiger partial charge in [0.2, 0.25) is 5.91 Å². The first-order valence-electron chi connectivity index (χ1n) is 5.92. The molecule has 3 saturated carbocycles. The van der Waals surface area contributed by atoms with Gasteiger partial charge in [0.25, 0.3) is 0 Å². The van der Waals surface area contributed by atoms with E-state index in [2.05, 4.69) is 11.4 Å². The molecule has 3 nitrogen and oxygen atoms in total. The molecule has 1 N–H and O–H groups in total. The quantitative estimate of drug-likeness (QED) is 0.737. The molecule has 0 aromatic heterocycles. The Labute approximate surface area is 89.8 Å². The fraction of sp³-hybridized carbons (Fsp3) is 0.833. The third-order valence-corrected chi connectivity index (χ3v) is 4.59. The average Bonchev–Trinajstić information content (AvgIpc) is 2.68. The number of carbonyl (C=O) groups is 1. The Morgan fingerprint density at radius 3 is 2.53 bits per heavy atom. The predicted molar refractivity (Wildman–Crippen MR) is 54.5 cm³/mol. The van der Waals surface area contributed by atoms with Gasteiger partial charge in [-0.25, -0.2) is 0 Å². The molecule has 0 spiro atoms. The van der Waals surface area contributed by atoms with Crippen LogP contribution >= 0.6 is 0 Å². The molecule has 0 saturated heterocycles. The first kappa shape index (κ1) is 9.21. The summed E-state index contributed by atoms with van der Waals surface area (Å²) in [7, 11) is 0. The number of rotatable bonds is 2. The van der Waals surface area contributed by atoms with Crippen molar-refractivity contribution in [2.45, 2.75) is 32.2 Å². The Morgan fingerprint density at radius 2 is 2.00 bits per heavy atom. The van der Waals surface area contributed by atoms with Crippen LogP contribution in [0.5, 0.6) is 0 Å². The molecule has 3 heteroatoms. The molecular formula is C12H16N2O. The van der Waals surface area contributed by atoms with Crippen LogP contribution in [0.4, 0.5) is 0 Å². The highest BCUT2D eigenvalue weighted by Crippen LogP contribution is 2.69. The minimum Gasteiger partial charge on any atom is -0.340 e. The maximum absolute atomic E-state index is 11.8. The lowest BCUT2D eigenvalue weighted by Gasteiger charge is -2.10. The summed E-state index contributed by atoms with van der Waals surface area (Å²) in [5.41, 5.74) is 0. The second-order valence-electron chi connectivity index (χ2n) is 5.37. The first-order valence-corrected chi connectivity index (χ1v) is 5.92. The van der Waals surface area contributed by atoms with Gasteiger partial charge in [0, 0.05) is 5.92 Å². The van der Waals surface area contributed by atoms with Gasteiger partial charge in [-0.2, -0.15) is 5.26 Å². The summed E-state index contributed by atoms with van der Waals surface area (Å²) in [6.07, 6.45) is 4.04. The normalized spacial score (nSPS) is 46.8. The lowest BCUT2D eigenvalue weighted by atomic mass is 10.0. The van der Waals surface area contributed by atoms with Gasteiger partial charge in [0.15, 0.2) is 0 Å². The van der Waals surface area contributed by atoms with Crippen LogP contribution in [0.2, 0.25) is 0 Å². The molecule has 1 amide bonds. The van der Waals surface area contributed by atoms with Crippen LogP contribution < -0.4 is 5.32 Å². The molecule has 0 aliphatic heterocycles. The largest absolute Gasteiger partial charge is 0.340 e. The molecule has 80 valence electrons. The van der Waals surface area contributed by atoms with Crippen LogP contribution in [-0.4, -0.2) is 11.9 Å². The van der Waals surface area contributed by atoms with E-state index in [0.29, 0.717) is 11.8 Å². The van der Waals surface area contributed by atoms with Crippen molar-refractivity contribution in [2.24, 2.45) is 29.6 Å². The Morgan fingerprint density at radius 1 is 1.40 bits per heavy atom. The highest BCUT2D eigenvalue weighted by molar-refractivity contribution is 5.83. The van der Waals surface area contributed by atoms with Crippen molar-refractivity contribution in [1.29, 1.82) is 5.26 Å². The Hall–Kier alpha value is -1.04. The molecule has 0 heterocycles. The van der Waals surface area contributed by atoms with Crippen molar-refractivity contribution in [3.63, 3.8) is 0 Å². The molecule has 0 radical (unpaired) electrons. The van der Waals surface area contributed by atoms with Gasteiger partial charge >= 0.3 is 0 Å². The van der Waals surface area contributed by atoms with Crippen LogP contribution in [0, 0.1) is 40.9 Å². The summed E-state index contributed by atoms with van der Waals surface area (Å²) in [6.45, 7) is 1.74. The van der Waals surface area contributed by atoms with Crippen molar-refractivity contribution in [3.05, 3.63) is 0 Å². The zero-order chi connectivity index (χ0) is 10.6. The van der Waals surface area contributed by atoms with E-state index in [4.69, 9.17) is 5.26 Å². The Balaban J connectivity index is 1.63. The van der Waals surface area contributed by atoms with E-state index in [9.17, 15) is 4.79 Å². The van der Waals surface area contributed by atoms with E-state index in [1.54, 1.807) is 6.92 Å². The van der Waals surface area contributed by atoms with Crippen molar-refractivity contribution >= 4 is 5.91 Å². The summed E-state index contributed by atoms with van der Waals surface area (Å²) < 4.78 is 0. The van der Waals surface area contributed by atoms with E-state index in [0.717, 1.165) is 11.8 Å². The highest BCUT2D eigenvalue weighted by atomic mass is 16.2. The fourth-order valence-electron chi connectivity index (χ4n) is 4.02. The molecule has 3 rings (SSSR count). The number of nitrogens with one attached hydrogen (secondary N) is 1. The molecule has 2 bridgehead atoms. The number of nitrogens with zero attached hydrogens (tertiary/aromatic N) is 1. The SMILES string of the molecule is CC(C#N)NC(=O)C1C2C3CCC(C3)C12. The molecule has 0 aromatic carbocycles. The highest BCUT2D eigenvalue weighted by Gasteiger charge is 2.67. The van der Waals surface area contributed by atoms with Crippen LogP contribution in [-0.2, 0) is 4.79 Å². The van der Waals surface area contributed by atoms with E-state index in [-0.39, 0.29) is 17.9 Å². The molecule has 5 atom stereocenters. The molecule has 3 aliphatic carbocycles. The van der Waals surface area contributed by atoms with Gasteiger partial charge in [-0.05, 0) is 49.9 Å². The van der Waals surface area contributed by atoms with Crippen molar-refractivity contribution < 1.29 is 4.79 Å². The fourth-order valence-corrected chi connectivity index (χ4v) is 4.02. The van der Waals surface area contributed by atoms with Crippen LogP contribution in [0.25, 0.3) is 0 Å². The molecule has 15 heavy (non-hydrogen) atoms. The van der Waals surface area contributed by atoms with Crippen LogP contribution in [0.3, 0.4) is 0 Å². The smallest absolute Gasteiger partial charge is 0.224 e. The number of nitriles is 1. The maximum atomic E-state index is 11.8. The minimum absolute atomic E-state index is 0.135. The van der Waals surface area contributed by atoms with Gasteiger partial charge in [-0.1, -0.05) is 0 Å². The summed E-state index contributed by atoms with van der Waals surface area (Å²) in [4.78, 5) is 11.8. The molecule has 0 aromatic rings. The second kappa shape index (κ2) is 2.98. The minimum atomic E-state index is -0.337. The van der Waals surface area contributed by atoms with Gasteiger partial charge in [-0.15, -0.1) is 0 Å². The zero-order valence-corrected chi connectivity index (χ0v) is 8.94. The first-order chi connectivity index (χ1) is 7.22. The molecular weight excluding hydrogens is 188 g/mol. The Kier molecular flexibility index (Phi) is 1.83. The van der Waals surface area contributed by atoms with Gasteiger partial charge in [0.1, 0.15) is 6.04 Å². The standard InChI is InChI=1S/C12H16N2O/c1-6(5-13)14-12(15)11-9-7-2-3-8(4-7)10(9)11/h6-11H,2-4H2,1H3,(H,14,15). The van der Waals surface area contributed by atoms with E-state index < -0.39 is 0 Å². The lowest BCUT2D eigenvalue weighted by Crippen LogP contribution is -2.34. The Bertz CT molecular complexity index is 330. The molecule has 3 aliphatic rings. The average molecular weight is 204 g/mol. The monoisotopic (exact) mass is 204 g/mol. The summed E-state index contributed by atoms with van der Waals surface area (Å²) in [6, 6.07) is 1.71. The number of carbonyl (C=O) groups excluding carboxylic acids is 1. The van der Waals surface area contributed by atoms with Crippen molar-refractivity contribution in [2.75, 3.05) is 0 Å². The van der Waals surface area contributed by atoms with E-state index in [1.807, 2.05) is 0 Å². The summed E-state index contributed by atoms with van der Waals surface area (Å²) in [5, 5.41) is 11.4. The van der Waals surface area contributed by atoms with Crippen molar-refractivity contribution in [1.82, 2.24) is 5.32 Å². The number of hydrogen-bond donors (Lipinski definition) is 1. The molecule has 3 fully saturated rings. The summed E-state index contributed by atoms with van der Waals surface area (Å²) >= 11 is 0. The number of hydrogen-bond acceptors (Lipinski definition) is 2. The molecule has 5 unspecified atom stereocenters. The summed E-state index contributed by atoms with van der Waals surface area (Å²) in [5.74, 6) is 3.40. The van der Waals surface area contributed by atoms with E-state index in [1.165, 1.54) is 19.3 Å². The third kappa shape index (κ3) is 1.20. The van der Waals surface area contributed by atoms with E-state index >= 15 is 0 Å². The van der Waals surface area contributed by atoms with Crippen LogP contribution in [0.1, 0.15) is 26.2 Å². The zero-order valence-electron chi connectivity index (χ0n) is 8.94. The van der Waals surface area contributed by atoms with Gasteiger partial charge < -0.3 is 5.32 Å². The number of fused-ring (bicyclic) bond motifs is 5. The van der Waals surface area contributed by atoms with Gasteiger partial charge in [-0.3, -0.25) is 4.79 Å². The second-order valence-corrected chi connectivity index (χ2v) is 5.37.